The van der Waals surface area contributed by atoms with Crippen LogP contribution in [0.1, 0.15) is 35.3 Å². The quantitative estimate of drug-likeness (QED) is 0.442. The molecule has 0 aliphatic rings. The second-order valence-corrected chi connectivity index (χ2v) is 3.30. The number of hydrogen-bond donors (Lipinski definition) is 0. The summed E-state index contributed by atoms with van der Waals surface area (Å²) in [6.07, 6.45) is 0.386. The summed E-state index contributed by atoms with van der Waals surface area (Å²) in [5.41, 5.74) is 0.616. The van der Waals surface area contributed by atoms with Crippen LogP contribution in [0.25, 0.3) is 0 Å². The van der Waals surface area contributed by atoms with Gasteiger partial charge in [-0.1, -0.05) is 6.92 Å². The molecule has 0 amide bonds. The summed E-state index contributed by atoms with van der Waals surface area (Å²) >= 11 is 0. The van der Waals surface area contributed by atoms with Gasteiger partial charge < -0.3 is 0 Å². The minimum absolute atomic E-state index is 0.133. The lowest BCUT2D eigenvalue weighted by Gasteiger charge is -2.06. The Morgan fingerprint density at radius 1 is 1.56 bits per heavy atom. The second-order valence-electron chi connectivity index (χ2n) is 3.30. The number of nitro benzene ring substituents is 1. The van der Waals surface area contributed by atoms with E-state index in [1.807, 2.05) is 6.07 Å². The number of benzene rings is 1. The van der Waals surface area contributed by atoms with Gasteiger partial charge in [0.25, 0.3) is 5.69 Å². The van der Waals surface area contributed by atoms with Crippen LogP contribution in [-0.2, 0) is 6.42 Å². The Morgan fingerprint density at radius 3 is 2.56 bits per heavy atom. The van der Waals surface area contributed by atoms with E-state index in [1.165, 1.54) is 19.1 Å². The molecule has 0 bridgehead atoms. The average Bonchev–Trinajstić information content (AvgIpc) is 2.26. The average molecular weight is 218 g/mol. The van der Waals surface area contributed by atoms with Crippen molar-refractivity contribution in [2.45, 2.75) is 20.3 Å². The highest BCUT2D eigenvalue weighted by Crippen LogP contribution is 2.25. The SMILES string of the molecule is CCc1c(C(C)=O)cc(C#N)cc1[N+](=O)[O-]. The van der Waals surface area contributed by atoms with Crippen LogP contribution < -0.4 is 0 Å². The summed E-state index contributed by atoms with van der Waals surface area (Å²) in [4.78, 5) is 21.6. The topological polar surface area (TPSA) is 84.0 Å². The van der Waals surface area contributed by atoms with Crippen LogP contribution in [0.2, 0.25) is 0 Å². The summed E-state index contributed by atoms with van der Waals surface area (Å²) in [7, 11) is 0. The van der Waals surface area contributed by atoms with E-state index in [0.29, 0.717) is 12.0 Å². The maximum Gasteiger partial charge on any atom is 0.274 e. The largest absolute Gasteiger partial charge is 0.294 e. The highest BCUT2D eigenvalue weighted by molar-refractivity contribution is 5.97. The fourth-order valence-corrected chi connectivity index (χ4v) is 1.57. The summed E-state index contributed by atoms with van der Waals surface area (Å²) in [6, 6.07) is 4.41. The zero-order chi connectivity index (χ0) is 12.3. The summed E-state index contributed by atoms with van der Waals surface area (Å²) in [6.45, 7) is 3.07. The normalized spacial score (nSPS) is 9.56. The van der Waals surface area contributed by atoms with E-state index in [9.17, 15) is 14.9 Å². The number of hydrogen-bond acceptors (Lipinski definition) is 4. The zero-order valence-corrected chi connectivity index (χ0v) is 8.98. The third-order valence-electron chi connectivity index (χ3n) is 2.29. The van der Waals surface area contributed by atoms with Crippen molar-refractivity contribution >= 4 is 11.5 Å². The van der Waals surface area contributed by atoms with E-state index in [0.717, 1.165) is 0 Å². The maximum atomic E-state index is 11.3. The lowest BCUT2D eigenvalue weighted by atomic mass is 9.97. The van der Waals surface area contributed by atoms with E-state index < -0.39 is 4.92 Å². The van der Waals surface area contributed by atoms with Gasteiger partial charge in [-0.15, -0.1) is 0 Å². The van der Waals surface area contributed by atoms with Crippen molar-refractivity contribution < 1.29 is 9.72 Å². The molecule has 1 aromatic carbocycles. The molecule has 0 fully saturated rings. The molecule has 1 rings (SSSR count). The number of nitro groups is 1. The van der Waals surface area contributed by atoms with Gasteiger partial charge in [0.2, 0.25) is 0 Å². The minimum Gasteiger partial charge on any atom is -0.294 e. The summed E-state index contributed by atoms with van der Waals surface area (Å²) in [5.74, 6) is -0.267. The Labute approximate surface area is 92.5 Å². The number of carbonyl (C=O) groups is 1. The minimum atomic E-state index is -0.563. The first kappa shape index (κ1) is 11.9. The molecule has 1 aromatic rings. The molecule has 0 heterocycles. The highest BCUT2D eigenvalue weighted by atomic mass is 16.6. The van der Waals surface area contributed by atoms with Gasteiger partial charge in [-0.25, -0.2) is 0 Å². The lowest BCUT2D eigenvalue weighted by Crippen LogP contribution is -2.04. The monoisotopic (exact) mass is 218 g/mol. The predicted molar refractivity (Wildman–Crippen MR) is 57.2 cm³/mol. The first-order valence-corrected chi connectivity index (χ1v) is 4.73. The van der Waals surface area contributed by atoms with Gasteiger partial charge in [0, 0.05) is 17.2 Å². The number of nitriles is 1. The standard InChI is InChI=1S/C11H10N2O3/c1-3-9-10(7(2)14)4-8(6-12)5-11(9)13(15)16/h4-5H,3H2,1-2H3. The first-order chi connectivity index (χ1) is 7.51. The van der Waals surface area contributed by atoms with Crippen LogP contribution in [0.4, 0.5) is 5.69 Å². The Kier molecular flexibility index (Phi) is 3.36. The smallest absolute Gasteiger partial charge is 0.274 e. The van der Waals surface area contributed by atoms with E-state index in [4.69, 9.17) is 5.26 Å². The molecule has 0 aliphatic heterocycles. The molecule has 16 heavy (non-hydrogen) atoms. The summed E-state index contributed by atoms with van der Waals surface area (Å²) < 4.78 is 0. The molecule has 0 spiro atoms. The molecule has 0 N–H and O–H groups in total. The van der Waals surface area contributed by atoms with Crippen molar-refractivity contribution in [1.29, 1.82) is 5.26 Å². The highest BCUT2D eigenvalue weighted by Gasteiger charge is 2.20. The number of Topliss-reactive ketones (excluding diaryl/α,β-unsaturated/α-hetero) is 1. The molecule has 0 saturated carbocycles. The van der Waals surface area contributed by atoms with E-state index in [1.54, 1.807) is 6.92 Å². The number of nitrogens with zero attached hydrogens (tertiary/aromatic N) is 2. The number of rotatable bonds is 3. The Hall–Kier alpha value is -2.22. The van der Waals surface area contributed by atoms with Crippen LogP contribution in [0.3, 0.4) is 0 Å². The molecule has 0 aliphatic carbocycles. The van der Waals surface area contributed by atoms with Crippen molar-refractivity contribution in [3.05, 3.63) is 38.9 Å². The van der Waals surface area contributed by atoms with Crippen LogP contribution >= 0.6 is 0 Å². The van der Waals surface area contributed by atoms with Crippen molar-refractivity contribution in [3.8, 4) is 6.07 Å². The Morgan fingerprint density at radius 2 is 2.19 bits per heavy atom. The molecule has 82 valence electrons. The Bertz CT molecular complexity index is 465. The summed E-state index contributed by atoms with van der Waals surface area (Å²) in [5, 5.41) is 19.5. The second kappa shape index (κ2) is 4.53. The van der Waals surface area contributed by atoms with Crippen molar-refractivity contribution in [2.75, 3.05) is 0 Å². The molecule has 0 unspecified atom stereocenters. The van der Waals surface area contributed by atoms with Gasteiger partial charge in [0.15, 0.2) is 5.78 Å². The molecule has 0 aromatic heterocycles. The molecular weight excluding hydrogens is 208 g/mol. The lowest BCUT2D eigenvalue weighted by molar-refractivity contribution is -0.385. The van der Waals surface area contributed by atoms with Gasteiger partial charge in [-0.05, 0) is 19.4 Å². The molecular formula is C11H10N2O3. The number of ketones is 1. The molecule has 5 heteroatoms. The zero-order valence-electron chi connectivity index (χ0n) is 8.98. The van der Waals surface area contributed by atoms with E-state index >= 15 is 0 Å². The molecule has 0 radical (unpaired) electrons. The maximum absolute atomic E-state index is 11.3. The number of carbonyl (C=O) groups excluding carboxylic acids is 1. The van der Waals surface area contributed by atoms with Crippen LogP contribution in [0, 0.1) is 21.4 Å². The van der Waals surface area contributed by atoms with Crippen molar-refractivity contribution in [1.82, 2.24) is 0 Å². The van der Waals surface area contributed by atoms with Gasteiger partial charge in [0.05, 0.1) is 16.6 Å². The van der Waals surface area contributed by atoms with Crippen LogP contribution in [0.5, 0.6) is 0 Å². The molecule has 5 nitrogen and oxygen atoms in total. The van der Waals surface area contributed by atoms with Gasteiger partial charge >= 0.3 is 0 Å². The van der Waals surface area contributed by atoms with Crippen LogP contribution in [0.15, 0.2) is 12.1 Å². The van der Waals surface area contributed by atoms with Gasteiger partial charge in [-0.3, -0.25) is 14.9 Å². The molecule has 0 atom stereocenters. The third-order valence-corrected chi connectivity index (χ3v) is 2.29. The van der Waals surface area contributed by atoms with Gasteiger partial charge in [0.1, 0.15) is 0 Å². The fraction of sp³-hybridized carbons (Fsp3) is 0.273. The van der Waals surface area contributed by atoms with Gasteiger partial charge in [-0.2, -0.15) is 5.26 Å². The van der Waals surface area contributed by atoms with E-state index in [2.05, 4.69) is 0 Å². The van der Waals surface area contributed by atoms with E-state index in [-0.39, 0.29) is 22.6 Å². The predicted octanol–water partition coefficient (Wildman–Crippen LogP) is 2.23. The van der Waals surface area contributed by atoms with Crippen molar-refractivity contribution in [3.63, 3.8) is 0 Å². The Balaban J connectivity index is 3.61. The fourth-order valence-electron chi connectivity index (χ4n) is 1.57. The third kappa shape index (κ3) is 2.06. The molecule has 0 saturated heterocycles. The first-order valence-electron chi connectivity index (χ1n) is 4.73. The van der Waals surface area contributed by atoms with Crippen LogP contribution in [-0.4, -0.2) is 10.7 Å². The van der Waals surface area contributed by atoms with Crippen molar-refractivity contribution in [2.24, 2.45) is 0 Å².